The predicted molar refractivity (Wildman–Crippen MR) is 129 cm³/mol. The molecule has 0 aromatic heterocycles. The standard InChI is InChI=1S/C26H30ClNO5/c1-15(2)8-10-32-20-7-5-6-18-23(20)26(31)24-19(25(18)30)12-17(28-22(29)14-27)13-21(24)33-11-9-16(3)4/h5-7,12-13,15-16H,8-11,14H2,1-4H3,(H,28,29). The first-order chi connectivity index (χ1) is 15.7. The van der Waals surface area contributed by atoms with Gasteiger partial charge in [-0.15, -0.1) is 11.6 Å². The second kappa shape index (κ2) is 10.8. The van der Waals surface area contributed by atoms with E-state index in [0.29, 0.717) is 36.5 Å². The number of alkyl halides is 1. The summed E-state index contributed by atoms with van der Waals surface area (Å²) in [5, 5.41) is 2.65. The van der Waals surface area contributed by atoms with Crippen molar-refractivity contribution in [2.45, 2.75) is 40.5 Å². The highest BCUT2D eigenvalue weighted by Crippen LogP contribution is 2.39. The number of hydrogen-bond donors (Lipinski definition) is 1. The summed E-state index contributed by atoms with van der Waals surface area (Å²) < 4.78 is 11.9. The third kappa shape index (κ3) is 5.74. The highest BCUT2D eigenvalue weighted by Gasteiger charge is 2.35. The van der Waals surface area contributed by atoms with Crippen LogP contribution in [-0.4, -0.2) is 36.6 Å². The monoisotopic (exact) mass is 471 g/mol. The van der Waals surface area contributed by atoms with E-state index < -0.39 is 5.91 Å². The topological polar surface area (TPSA) is 81.7 Å². The zero-order chi connectivity index (χ0) is 24.1. The molecule has 0 fully saturated rings. The van der Waals surface area contributed by atoms with Crippen molar-refractivity contribution in [1.29, 1.82) is 0 Å². The van der Waals surface area contributed by atoms with Gasteiger partial charge in [-0.25, -0.2) is 0 Å². The van der Waals surface area contributed by atoms with Gasteiger partial charge in [0.2, 0.25) is 11.7 Å². The van der Waals surface area contributed by atoms with Crippen LogP contribution in [0.15, 0.2) is 30.3 Å². The number of ether oxygens (including phenoxy) is 2. The molecule has 3 rings (SSSR count). The molecule has 7 heteroatoms. The average Bonchev–Trinajstić information content (AvgIpc) is 2.76. The number of nitrogens with one attached hydrogen (secondary N) is 1. The van der Waals surface area contributed by atoms with Crippen LogP contribution >= 0.6 is 11.6 Å². The minimum Gasteiger partial charge on any atom is -0.493 e. The molecule has 2 aromatic rings. The summed E-state index contributed by atoms with van der Waals surface area (Å²) in [6.07, 6.45) is 1.60. The number of anilines is 1. The van der Waals surface area contributed by atoms with Gasteiger partial charge in [0.05, 0.1) is 24.3 Å². The molecule has 1 N–H and O–H groups in total. The smallest absolute Gasteiger partial charge is 0.239 e. The van der Waals surface area contributed by atoms with Crippen LogP contribution in [0.5, 0.6) is 11.5 Å². The molecule has 0 spiro atoms. The van der Waals surface area contributed by atoms with Crippen molar-refractivity contribution >= 4 is 34.8 Å². The first kappa shape index (κ1) is 24.8. The largest absolute Gasteiger partial charge is 0.493 e. The van der Waals surface area contributed by atoms with E-state index in [9.17, 15) is 14.4 Å². The second-order valence-electron chi connectivity index (χ2n) is 8.98. The molecule has 0 saturated carbocycles. The van der Waals surface area contributed by atoms with Gasteiger partial charge in [-0.1, -0.05) is 39.8 Å². The quantitative estimate of drug-likeness (QED) is 0.395. The van der Waals surface area contributed by atoms with Gasteiger partial charge in [0.25, 0.3) is 0 Å². The fraction of sp³-hybridized carbons (Fsp3) is 0.423. The number of benzene rings is 2. The lowest BCUT2D eigenvalue weighted by atomic mass is 9.82. The Labute approximate surface area is 199 Å². The minimum absolute atomic E-state index is 0.193. The van der Waals surface area contributed by atoms with Gasteiger partial charge < -0.3 is 14.8 Å². The predicted octanol–water partition coefficient (Wildman–Crippen LogP) is 5.49. The van der Waals surface area contributed by atoms with Gasteiger partial charge in [0, 0.05) is 22.9 Å². The number of halogens is 1. The van der Waals surface area contributed by atoms with E-state index in [4.69, 9.17) is 21.1 Å². The molecule has 0 heterocycles. The SMILES string of the molecule is CC(C)CCOc1cccc2c1C(=O)c1c(OCCC(C)C)cc(NC(=O)CCl)cc1C2=O. The Kier molecular flexibility index (Phi) is 8.14. The molecule has 0 atom stereocenters. The van der Waals surface area contributed by atoms with Crippen molar-refractivity contribution in [1.82, 2.24) is 0 Å². The van der Waals surface area contributed by atoms with Crippen molar-refractivity contribution in [3.05, 3.63) is 52.6 Å². The Hall–Kier alpha value is -2.86. The number of rotatable bonds is 10. The van der Waals surface area contributed by atoms with Gasteiger partial charge in [-0.05, 0) is 36.8 Å². The lowest BCUT2D eigenvalue weighted by Gasteiger charge is -2.23. The van der Waals surface area contributed by atoms with Crippen molar-refractivity contribution in [3.8, 4) is 11.5 Å². The number of carbonyl (C=O) groups is 3. The van der Waals surface area contributed by atoms with Crippen LogP contribution < -0.4 is 14.8 Å². The molecule has 1 aliphatic carbocycles. The second-order valence-corrected chi connectivity index (χ2v) is 9.24. The van der Waals surface area contributed by atoms with Gasteiger partial charge in [0.15, 0.2) is 5.78 Å². The van der Waals surface area contributed by atoms with Crippen LogP contribution in [0.4, 0.5) is 5.69 Å². The number of fused-ring (bicyclic) bond motifs is 2. The summed E-state index contributed by atoms with van der Waals surface area (Å²) in [4.78, 5) is 38.9. The van der Waals surface area contributed by atoms with Crippen molar-refractivity contribution in [2.75, 3.05) is 24.4 Å². The van der Waals surface area contributed by atoms with Gasteiger partial charge in [0.1, 0.15) is 17.4 Å². The molecule has 1 aliphatic rings. The van der Waals surface area contributed by atoms with E-state index in [-0.39, 0.29) is 45.4 Å². The maximum atomic E-state index is 13.7. The summed E-state index contributed by atoms with van der Waals surface area (Å²) in [6, 6.07) is 8.12. The molecular formula is C26H30ClNO5. The van der Waals surface area contributed by atoms with Crippen molar-refractivity contribution < 1.29 is 23.9 Å². The normalized spacial score (nSPS) is 12.6. The first-order valence-electron chi connectivity index (χ1n) is 11.2. The molecule has 33 heavy (non-hydrogen) atoms. The van der Waals surface area contributed by atoms with E-state index in [1.165, 1.54) is 6.07 Å². The minimum atomic E-state index is -0.416. The maximum Gasteiger partial charge on any atom is 0.239 e. The third-order valence-electron chi connectivity index (χ3n) is 5.38. The van der Waals surface area contributed by atoms with Crippen molar-refractivity contribution in [2.24, 2.45) is 11.8 Å². The Balaban J connectivity index is 2.06. The molecule has 1 amide bonds. The van der Waals surface area contributed by atoms with E-state index in [2.05, 4.69) is 33.0 Å². The van der Waals surface area contributed by atoms with Crippen molar-refractivity contribution in [3.63, 3.8) is 0 Å². The fourth-order valence-electron chi connectivity index (χ4n) is 3.56. The zero-order valence-corrected chi connectivity index (χ0v) is 20.3. The molecule has 2 aromatic carbocycles. The molecule has 6 nitrogen and oxygen atoms in total. The Bertz CT molecular complexity index is 1060. The summed E-state index contributed by atoms with van der Waals surface area (Å²) in [5.74, 6) is 0.223. The zero-order valence-electron chi connectivity index (χ0n) is 19.5. The Morgan fingerprint density at radius 3 is 2.09 bits per heavy atom. The summed E-state index contributed by atoms with van der Waals surface area (Å²) >= 11 is 5.62. The molecule has 176 valence electrons. The van der Waals surface area contributed by atoms with Crippen LogP contribution in [-0.2, 0) is 4.79 Å². The number of carbonyl (C=O) groups excluding carboxylic acids is 3. The molecule has 0 aliphatic heterocycles. The van der Waals surface area contributed by atoms with Gasteiger partial charge >= 0.3 is 0 Å². The summed E-state index contributed by atoms with van der Waals surface area (Å²) in [7, 11) is 0. The number of ketones is 2. The fourth-order valence-corrected chi connectivity index (χ4v) is 3.63. The van der Waals surface area contributed by atoms with Gasteiger partial charge in [-0.3, -0.25) is 14.4 Å². The lowest BCUT2D eigenvalue weighted by molar-refractivity contribution is -0.113. The van der Waals surface area contributed by atoms with E-state index >= 15 is 0 Å². The van der Waals surface area contributed by atoms with Crippen LogP contribution in [0.1, 0.15) is 72.4 Å². The Morgan fingerprint density at radius 1 is 0.879 bits per heavy atom. The highest BCUT2D eigenvalue weighted by molar-refractivity contribution is 6.31. The van der Waals surface area contributed by atoms with E-state index in [0.717, 1.165) is 12.8 Å². The molecular weight excluding hydrogens is 442 g/mol. The summed E-state index contributed by atoms with van der Waals surface area (Å²) in [6.45, 7) is 9.15. The number of amides is 1. The highest BCUT2D eigenvalue weighted by atomic mass is 35.5. The molecule has 0 radical (unpaired) electrons. The van der Waals surface area contributed by atoms with Crippen LogP contribution in [0, 0.1) is 11.8 Å². The first-order valence-corrected chi connectivity index (χ1v) is 11.8. The lowest BCUT2D eigenvalue weighted by Crippen LogP contribution is -2.24. The van der Waals surface area contributed by atoms with E-state index in [1.54, 1.807) is 24.3 Å². The van der Waals surface area contributed by atoms with Crippen LogP contribution in [0.2, 0.25) is 0 Å². The Morgan fingerprint density at radius 2 is 1.48 bits per heavy atom. The van der Waals surface area contributed by atoms with Gasteiger partial charge in [-0.2, -0.15) is 0 Å². The number of hydrogen-bond acceptors (Lipinski definition) is 5. The van der Waals surface area contributed by atoms with Crippen LogP contribution in [0.25, 0.3) is 0 Å². The third-order valence-corrected chi connectivity index (χ3v) is 5.63. The average molecular weight is 472 g/mol. The molecule has 0 unspecified atom stereocenters. The molecule has 0 saturated heterocycles. The maximum absolute atomic E-state index is 13.7. The van der Waals surface area contributed by atoms with E-state index in [1.807, 2.05) is 0 Å². The molecule has 0 bridgehead atoms. The van der Waals surface area contributed by atoms with Crippen LogP contribution in [0.3, 0.4) is 0 Å². The summed E-state index contributed by atoms with van der Waals surface area (Å²) in [5.41, 5.74) is 1.28.